The number of nitrogens with one attached hydrogen (secondary N) is 1. The van der Waals surface area contributed by atoms with E-state index >= 15 is 0 Å². The molecule has 1 atom stereocenters. The first-order chi connectivity index (χ1) is 12.2. The molecule has 2 fully saturated rings. The molecule has 2 aliphatic heterocycles. The fourth-order valence-electron chi connectivity index (χ4n) is 4.61. The molecule has 1 unspecified atom stereocenters. The number of carbonyl (C=O) groups excluding carboxylic acids is 1. The Balaban J connectivity index is 0.00000364. The molecule has 6 nitrogen and oxygen atoms in total. The van der Waals surface area contributed by atoms with Crippen LogP contribution in [0.3, 0.4) is 0 Å². The molecule has 0 radical (unpaired) electrons. The second-order valence-corrected chi connectivity index (χ2v) is 9.05. The van der Waals surface area contributed by atoms with Gasteiger partial charge in [-0.3, -0.25) is 9.79 Å². The van der Waals surface area contributed by atoms with Gasteiger partial charge in [0.25, 0.3) is 0 Å². The summed E-state index contributed by atoms with van der Waals surface area (Å²) >= 11 is 0. The smallest absolute Gasteiger partial charge is 0.242 e. The first-order valence-electron chi connectivity index (χ1n) is 10.2. The van der Waals surface area contributed by atoms with Crippen LogP contribution in [0, 0.1) is 5.92 Å². The predicted octanol–water partition coefficient (Wildman–Crippen LogP) is 2.63. The van der Waals surface area contributed by atoms with Gasteiger partial charge in [-0.2, -0.15) is 0 Å². The number of nitrogens with zero attached hydrogens (tertiary/aromatic N) is 4. The highest BCUT2D eigenvalue weighted by atomic mass is 127. The van der Waals surface area contributed by atoms with E-state index in [2.05, 4.69) is 61.7 Å². The van der Waals surface area contributed by atoms with E-state index < -0.39 is 0 Å². The zero-order valence-electron chi connectivity index (χ0n) is 18.3. The average molecular weight is 493 g/mol. The SMILES string of the molecule is CN=C(NCC1CCCN(C(C)C)C1)N1CC(=O)N(C(C)C)C(C)(C)C1.I. The summed E-state index contributed by atoms with van der Waals surface area (Å²) in [6, 6.07) is 0.832. The maximum absolute atomic E-state index is 12.7. The van der Waals surface area contributed by atoms with E-state index in [1.165, 1.54) is 19.4 Å². The molecule has 2 rings (SSSR count). The molecule has 158 valence electrons. The molecule has 2 aliphatic rings. The highest BCUT2D eigenvalue weighted by Gasteiger charge is 2.40. The Morgan fingerprint density at radius 2 is 1.93 bits per heavy atom. The Hall–Kier alpha value is -0.570. The largest absolute Gasteiger partial charge is 0.356 e. The van der Waals surface area contributed by atoms with Crippen molar-refractivity contribution in [2.24, 2.45) is 10.9 Å². The Morgan fingerprint density at radius 3 is 2.44 bits per heavy atom. The molecule has 0 aromatic rings. The summed E-state index contributed by atoms with van der Waals surface area (Å²) < 4.78 is 0. The number of piperidine rings is 1. The van der Waals surface area contributed by atoms with Crippen molar-refractivity contribution in [3.8, 4) is 0 Å². The molecule has 0 aliphatic carbocycles. The van der Waals surface area contributed by atoms with Crippen LogP contribution in [0.2, 0.25) is 0 Å². The van der Waals surface area contributed by atoms with E-state index in [1.54, 1.807) is 0 Å². The van der Waals surface area contributed by atoms with E-state index in [1.807, 2.05) is 11.9 Å². The third-order valence-electron chi connectivity index (χ3n) is 5.68. The summed E-state index contributed by atoms with van der Waals surface area (Å²) in [5, 5.41) is 3.55. The van der Waals surface area contributed by atoms with Gasteiger partial charge < -0.3 is 20.0 Å². The third-order valence-corrected chi connectivity index (χ3v) is 5.68. The first-order valence-corrected chi connectivity index (χ1v) is 10.2. The Bertz CT molecular complexity index is 521. The van der Waals surface area contributed by atoms with E-state index in [4.69, 9.17) is 0 Å². The van der Waals surface area contributed by atoms with Crippen LogP contribution in [0.4, 0.5) is 0 Å². The minimum atomic E-state index is -0.194. The van der Waals surface area contributed by atoms with Crippen molar-refractivity contribution in [3.05, 3.63) is 0 Å². The molecular weight excluding hydrogens is 453 g/mol. The highest BCUT2D eigenvalue weighted by molar-refractivity contribution is 14.0. The maximum atomic E-state index is 12.7. The Morgan fingerprint density at radius 1 is 1.26 bits per heavy atom. The van der Waals surface area contributed by atoms with Gasteiger partial charge in [-0.15, -0.1) is 24.0 Å². The van der Waals surface area contributed by atoms with Crippen LogP contribution in [0.5, 0.6) is 0 Å². The van der Waals surface area contributed by atoms with Crippen molar-refractivity contribution in [1.29, 1.82) is 0 Å². The van der Waals surface area contributed by atoms with E-state index in [0.29, 0.717) is 18.5 Å². The quantitative estimate of drug-likeness (QED) is 0.372. The van der Waals surface area contributed by atoms with Gasteiger partial charge in [0.2, 0.25) is 5.91 Å². The number of piperazine rings is 1. The average Bonchev–Trinajstić information content (AvgIpc) is 2.53. The predicted molar refractivity (Wildman–Crippen MR) is 124 cm³/mol. The minimum Gasteiger partial charge on any atom is -0.356 e. The van der Waals surface area contributed by atoms with Crippen molar-refractivity contribution >= 4 is 35.8 Å². The van der Waals surface area contributed by atoms with Gasteiger partial charge in [-0.1, -0.05) is 0 Å². The standard InChI is InChI=1S/C20H39N5O.HI/c1-15(2)23-10-8-9-17(12-23)11-22-19(21-7)24-13-18(26)25(16(3)4)20(5,6)14-24;/h15-17H,8-14H2,1-7H3,(H,21,22);1H. The fraction of sp³-hybridized carbons (Fsp3) is 0.900. The number of amides is 1. The molecule has 2 heterocycles. The van der Waals surface area contributed by atoms with Gasteiger partial charge in [0.1, 0.15) is 0 Å². The molecule has 0 saturated carbocycles. The highest BCUT2D eigenvalue weighted by Crippen LogP contribution is 2.24. The van der Waals surface area contributed by atoms with Gasteiger partial charge in [-0.05, 0) is 66.8 Å². The lowest BCUT2D eigenvalue weighted by atomic mass is 9.96. The van der Waals surface area contributed by atoms with Crippen LogP contribution in [0.25, 0.3) is 0 Å². The number of aliphatic imine (C=N–C) groups is 1. The fourth-order valence-corrected chi connectivity index (χ4v) is 4.61. The molecular formula is C20H40IN5O. The summed E-state index contributed by atoms with van der Waals surface area (Å²) in [6.07, 6.45) is 2.53. The Labute approximate surface area is 183 Å². The molecule has 0 bridgehead atoms. The van der Waals surface area contributed by atoms with Crippen molar-refractivity contribution in [2.45, 2.75) is 72.0 Å². The number of carbonyl (C=O) groups is 1. The second-order valence-electron chi connectivity index (χ2n) is 9.05. The lowest BCUT2D eigenvalue weighted by Crippen LogP contribution is -2.66. The van der Waals surface area contributed by atoms with Gasteiger partial charge in [-0.25, -0.2) is 0 Å². The minimum absolute atomic E-state index is 0. The van der Waals surface area contributed by atoms with E-state index in [0.717, 1.165) is 25.6 Å². The number of hydrogen-bond acceptors (Lipinski definition) is 3. The molecule has 0 spiro atoms. The van der Waals surface area contributed by atoms with Crippen molar-refractivity contribution in [1.82, 2.24) is 20.0 Å². The summed E-state index contributed by atoms with van der Waals surface area (Å²) in [5.74, 6) is 1.68. The normalized spacial score (nSPS) is 24.4. The molecule has 1 N–H and O–H groups in total. The number of hydrogen-bond donors (Lipinski definition) is 1. The van der Waals surface area contributed by atoms with Crippen LogP contribution < -0.4 is 5.32 Å². The molecule has 0 aromatic heterocycles. The van der Waals surface area contributed by atoms with Gasteiger partial charge in [0, 0.05) is 38.8 Å². The second kappa shape index (κ2) is 10.3. The number of guanidine groups is 1. The molecule has 27 heavy (non-hydrogen) atoms. The molecule has 0 aromatic carbocycles. The summed E-state index contributed by atoms with van der Waals surface area (Å²) in [4.78, 5) is 23.9. The number of rotatable bonds is 4. The van der Waals surface area contributed by atoms with Crippen LogP contribution in [-0.2, 0) is 4.79 Å². The lowest BCUT2D eigenvalue weighted by molar-refractivity contribution is -0.145. The van der Waals surface area contributed by atoms with Gasteiger partial charge in [0.05, 0.1) is 12.1 Å². The van der Waals surface area contributed by atoms with Crippen LogP contribution in [0.1, 0.15) is 54.4 Å². The number of likely N-dealkylation sites (tertiary alicyclic amines) is 1. The van der Waals surface area contributed by atoms with Crippen molar-refractivity contribution in [3.63, 3.8) is 0 Å². The topological polar surface area (TPSA) is 51.2 Å². The van der Waals surface area contributed by atoms with E-state index in [9.17, 15) is 4.79 Å². The first kappa shape index (κ1) is 24.5. The molecule has 2 saturated heterocycles. The monoisotopic (exact) mass is 493 g/mol. The van der Waals surface area contributed by atoms with Crippen LogP contribution in [-0.4, -0.2) is 84.0 Å². The molecule has 1 amide bonds. The van der Waals surface area contributed by atoms with E-state index in [-0.39, 0.29) is 41.5 Å². The van der Waals surface area contributed by atoms with Gasteiger partial charge >= 0.3 is 0 Å². The third kappa shape index (κ3) is 6.21. The Kier molecular flexibility index (Phi) is 9.31. The van der Waals surface area contributed by atoms with Gasteiger partial charge in [0.15, 0.2) is 5.96 Å². The lowest BCUT2D eigenvalue weighted by Gasteiger charge is -2.49. The summed E-state index contributed by atoms with van der Waals surface area (Å²) in [7, 11) is 1.82. The number of halogens is 1. The summed E-state index contributed by atoms with van der Waals surface area (Å²) in [5.41, 5.74) is -0.194. The molecule has 7 heteroatoms. The zero-order chi connectivity index (χ0) is 19.5. The summed E-state index contributed by atoms with van der Waals surface area (Å²) in [6.45, 7) is 17.5. The van der Waals surface area contributed by atoms with Crippen molar-refractivity contribution in [2.75, 3.05) is 39.8 Å². The van der Waals surface area contributed by atoms with Crippen molar-refractivity contribution < 1.29 is 4.79 Å². The van der Waals surface area contributed by atoms with Crippen LogP contribution in [0.15, 0.2) is 4.99 Å². The zero-order valence-corrected chi connectivity index (χ0v) is 20.6. The maximum Gasteiger partial charge on any atom is 0.242 e. The van der Waals surface area contributed by atoms with Crippen LogP contribution >= 0.6 is 24.0 Å².